The first-order valence-corrected chi connectivity index (χ1v) is 9.15. The third-order valence-corrected chi connectivity index (χ3v) is 6.20. The number of Topliss-reactive ketones (excluding diaryl/α,β-unsaturated/α-hetero) is 1. The Labute approximate surface area is 138 Å². The van der Waals surface area contributed by atoms with E-state index in [1.54, 1.807) is 0 Å². The van der Waals surface area contributed by atoms with Gasteiger partial charge in [0.25, 0.3) is 0 Å². The van der Waals surface area contributed by atoms with Gasteiger partial charge in [0.15, 0.2) is 0 Å². The van der Waals surface area contributed by atoms with Crippen LogP contribution in [0, 0.1) is 17.0 Å². The largest absolute Gasteiger partial charge is 0.762 e. The molecule has 3 unspecified atom stereocenters. The Kier molecular flexibility index (Phi) is 5.38. The maximum atomic E-state index is 12.7. The van der Waals surface area contributed by atoms with Crippen LogP contribution in [-0.2, 0) is 4.79 Å². The van der Waals surface area contributed by atoms with E-state index in [0.29, 0.717) is 43.3 Å². The van der Waals surface area contributed by atoms with Gasteiger partial charge in [0.2, 0.25) is 0 Å². The molecular weight excluding hydrogens is 294 g/mol. The van der Waals surface area contributed by atoms with Crippen LogP contribution in [0.1, 0.15) is 52.4 Å². The van der Waals surface area contributed by atoms with Crippen LogP contribution in [0.4, 0.5) is 0 Å². The zero-order valence-electron chi connectivity index (χ0n) is 14.4. The standard InChI is InChI=1S/C17H30N3O3/c1-12-4-3-9-18-10-13(2)19(17(12)18)11-16(21)14-5-7-15(8-6-14)20(22)23/h12-15,17,22H,3-11H2,1-2H3/q-1. The number of piperidine rings is 1. The molecule has 0 aromatic rings. The molecule has 1 N–H and O–H groups in total. The van der Waals surface area contributed by atoms with E-state index >= 15 is 0 Å². The van der Waals surface area contributed by atoms with E-state index in [1.807, 2.05) is 0 Å². The van der Waals surface area contributed by atoms with Crippen LogP contribution < -0.4 is 0 Å². The summed E-state index contributed by atoms with van der Waals surface area (Å²) >= 11 is 0. The third-order valence-electron chi connectivity index (χ3n) is 6.20. The molecule has 6 heteroatoms. The van der Waals surface area contributed by atoms with E-state index in [2.05, 4.69) is 23.6 Å². The third kappa shape index (κ3) is 3.61. The van der Waals surface area contributed by atoms with Crippen molar-refractivity contribution in [3.8, 4) is 0 Å². The van der Waals surface area contributed by atoms with Crippen LogP contribution >= 0.6 is 0 Å². The summed E-state index contributed by atoms with van der Waals surface area (Å²) in [5.74, 6) is 1.01. The van der Waals surface area contributed by atoms with Crippen LogP contribution in [0.5, 0.6) is 0 Å². The molecule has 0 radical (unpaired) electrons. The first kappa shape index (κ1) is 17.3. The van der Waals surface area contributed by atoms with Crippen molar-refractivity contribution in [1.29, 1.82) is 0 Å². The topological polar surface area (TPSA) is 70.1 Å². The highest BCUT2D eigenvalue weighted by atomic mass is 16.8. The summed E-state index contributed by atoms with van der Waals surface area (Å²) in [5.41, 5.74) is 0. The van der Waals surface area contributed by atoms with Crippen molar-refractivity contribution in [2.75, 3.05) is 19.6 Å². The molecule has 0 amide bonds. The average Bonchev–Trinajstić information content (AvgIpc) is 2.84. The molecule has 1 saturated carbocycles. The Bertz CT molecular complexity index is 423. The fraction of sp³-hybridized carbons (Fsp3) is 0.941. The predicted molar refractivity (Wildman–Crippen MR) is 87.7 cm³/mol. The Hall–Kier alpha value is -0.530. The quantitative estimate of drug-likeness (QED) is 0.798. The van der Waals surface area contributed by atoms with Crippen molar-refractivity contribution in [3.05, 3.63) is 5.21 Å². The van der Waals surface area contributed by atoms with Crippen molar-refractivity contribution in [2.45, 2.75) is 70.6 Å². The van der Waals surface area contributed by atoms with E-state index in [4.69, 9.17) is 5.21 Å². The summed E-state index contributed by atoms with van der Waals surface area (Å²) in [6.07, 6.45) is 5.65. The minimum absolute atomic E-state index is 0.0614. The van der Waals surface area contributed by atoms with Crippen LogP contribution in [0.15, 0.2) is 0 Å². The summed E-state index contributed by atoms with van der Waals surface area (Å²) in [5, 5.41) is 20.0. The summed E-state index contributed by atoms with van der Waals surface area (Å²) in [6, 6.07) is 0.119. The Morgan fingerprint density at radius 2 is 1.91 bits per heavy atom. The van der Waals surface area contributed by atoms with Gasteiger partial charge in [-0.25, -0.2) is 0 Å². The zero-order chi connectivity index (χ0) is 16.6. The second-order valence-electron chi connectivity index (χ2n) is 7.82. The van der Waals surface area contributed by atoms with E-state index in [1.165, 1.54) is 12.8 Å². The number of ketones is 1. The first-order chi connectivity index (χ1) is 11.0. The maximum absolute atomic E-state index is 12.7. The fourth-order valence-corrected chi connectivity index (χ4v) is 4.88. The molecule has 2 heterocycles. The number of hydroxylamine groups is 2. The molecule has 2 aliphatic heterocycles. The summed E-state index contributed by atoms with van der Waals surface area (Å²) in [7, 11) is 0. The second-order valence-corrected chi connectivity index (χ2v) is 7.82. The van der Waals surface area contributed by atoms with Gasteiger partial charge in [0.05, 0.1) is 12.7 Å². The molecule has 3 aliphatic rings. The molecule has 3 rings (SSSR count). The molecule has 23 heavy (non-hydrogen) atoms. The van der Waals surface area contributed by atoms with Crippen molar-refractivity contribution in [1.82, 2.24) is 15.0 Å². The van der Waals surface area contributed by atoms with Gasteiger partial charge in [0.1, 0.15) is 5.78 Å². The lowest BCUT2D eigenvalue weighted by Crippen LogP contribution is -2.50. The lowest BCUT2D eigenvalue weighted by molar-refractivity contribution is -0.129. The number of carbonyl (C=O) groups excluding carboxylic acids is 1. The maximum Gasteiger partial charge on any atom is 0.149 e. The molecule has 132 valence electrons. The van der Waals surface area contributed by atoms with Gasteiger partial charge in [-0.3, -0.25) is 19.8 Å². The lowest BCUT2D eigenvalue weighted by Gasteiger charge is -2.40. The minimum atomic E-state index is -0.321. The molecule has 0 aromatic heterocycles. The van der Waals surface area contributed by atoms with Gasteiger partial charge in [-0.2, -0.15) is 0 Å². The molecule has 2 saturated heterocycles. The molecule has 3 atom stereocenters. The number of rotatable bonds is 4. The van der Waals surface area contributed by atoms with Gasteiger partial charge in [-0.05, 0) is 57.9 Å². The van der Waals surface area contributed by atoms with E-state index in [0.717, 1.165) is 25.9 Å². The molecule has 0 bridgehead atoms. The number of nitrogens with zero attached hydrogens (tertiary/aromatic N) is 3. The van der Waals surface area contributed by atoms with Gasteiger partial charge in [0, 0.05) is 24.5 Å². The van der Waals surface area contributed by atoms with Gasteiger partial charge < -0.3 is 10.4 Å². The second kappa shape index (κ2) is 7.15. The SMILES string of the molecule is CC1CCCN2CC(C)N(CC(=O)C3CCC(N([O-])O)CC3)C12. The fourth-order valence-electron chi connectivity index (χ4n) is 4.88. The van der Waals surface area contributed by atoms with Gasteiger partial charge in [-0.15, -0.1) is 0 Å². The highest BCUT2D eigenvalue weighted by Gasteiger charge is 2.43. The molecule has 1 aliphatic carbocycles. The van der Waals surface area contributed by atoms with Crippen molar-refractivity contribution >= 4 is 5.78 Å². The highest BCUT2D eigenvalue weighted by molar-refractivity contribution is 5.83. The normalized spacial score (nSPS) is 39.6. The Morgan fingerprint density at radius 1 is 1.22 bits per heavy atom. The summed E-state index contributed by atoms with van der Waals surface area (Å²) in [4.78, 5) is 17.7. The van der Waals surface area contributed by atoms with Crippen LogP contribution in [0.3, 0.4) is 0 Å². The molecular formula is C17H30N3O3-. The van der Waals surface area contributed by atoms with Gasteiger partial charge >= 0.3 is 0 Å². The smallest absolute Gasteiger partial charge is 0.149 e. The van der Waals surface area contributed by atoms with Crippen molar-refractivity contribution in [3.63, 3.8) is 0 Å². The number of hydrogen-bond acceptors (Lipinski definition) is 6. The molecule has 0 aromatic carbocycles. The Morgan fingerprint density at radius 3 is 2.57 bits per heavy atom. The van der Waals surface area contributed by atoms with Crippen LogP contribution in [-0.4, -0.2) is 63.9 Å². The number of hydrogen-bond donors (Lipinski definition) is 1. The average molecular weight is 324 g/mol. The molecule has 3 fully saturated rings. The van der Waals surface area contributed by atoms with Crippen LogP contribution in [0.2, 0.25) is 0 Å². The Balaban J connectivity index is 1.57. The van der Waals surface area contributed by atoms with Crippen LogP contribution in [0.25, 0.3) is 0 Å². The number of carbonyl (C=O) groups is 1. The van der Waals surface area contributed by atoms with E-state index < -0.39 is 0 Å². The molecule has 0 spiro atoms. The van der Waals surface area contributed by atoms with E-state index in [9.17, 15) is 10.0 Å². The van der Waals surface area contributed by atoms with Gasteiger partial charge in [-0.1, -0.05) is 6.92 Å². The predicted octanol–water partition coefficient (Wildman–Crippen LogP) is 2.07. The summed E-state index contributed by atoms with van der Waals surface area (Å²) in [6.45, 7) is 7.32. The highest BCUT2D eigenvalue weighted by Crippen LogP contribution is 2.34. The number of fused-ring (bicyclic) bond motifs is 1. The van der Waals surface area contributed by atoms with Crippen molar-refractivity contribution in [2.24, 2.45) is 11.8 Å². The monoisotopic (exact) mass is 324 g/mol. The lowest BCUT2D eigenvalue weighted by atomic mass is 9.83. The molecule has 6 nitrogen and oxygen atoms in total. The van der Waals surface area contributed by atoms with E-state index in [-0.39, 0.29) is 17.2 Å². The first-order valence-electron chi connectivity index (χ1n) is 9.15. The summed E-state index contributed by atoms with van der Waals surface area (Å²) < 4.78 is 0. The minimum Gasteiger partial charge on any atom is -0.762 e. The zero-order valence-corrected chi connectivity index (χ0v) is 14.4. The van der Waals surface area contributed by atoms with Crippen molar-refractivity contribution < 1.29 is 10.0 Å².